The van der Waals surface area contributed by atoms with Gasteiger partial charge >= 0.3 is 17.8 Å². The molecule has 8 nitrogen and oxygen atoms in total. The van der Waals surface area contributed by atoms with Crippen LogP contribution >= 0.6 is 11.8 Å². The van der Waals surface area contributed by atoms with Gasteiger partial charge in [-0.3, -0.25) is 4.79 Å². The minimum Gasteiger partial charge on any atom is -0.493 e. The Morgan fingerprint density at radius 3 is 2.41 bits per heavy atom. The van der Waals surface area contributed by atoms with Crippen LogP contribution in [0.5, 0.6) is 11.5 Å². The van der Waals surface area contributed by atoms with Gasteiger partial charge in [0.2, 0.25) is 0 Å². The van der Waals surface area contributed by atoms with Crippen molar-refractivity contribution in [1.29, 1.82) is 0 Å². The molecule has 9 heteroatoms. The number of ether oxygens (including phenoxy) is 4. The molecule has 1 fully saturated rings. The second kappa shape index (κ2) is 10.1. The molecule has 1 aromatic carbocycles. The molecule has 0 aromatic heterocycles. The third-order valence-corrected chi connectivity index (χ3v) is 5.04. The van der Waals surface area contributed by atoms with Gasteiger partial charge < -0.3 is 23.8 Å². The molecule has 0 bridgehead atoms. The molecule has 2 rings (SSSR count). The van der Waals surface area contributed by atoms with E-state index in [1.165, 1.54) is 23.8 Å². The van der Waals surface area contributed by atoms with Crippen molar-refractivity contribution in [3.05, 3.63) is 24.3 Å². The quantitative estimate of drug-likeness (QED) is 0.505. The lowest BCUT2D eigenvalue weighted by molar-refractivity contribution is -0.164. The second-order valence-corrected chi connectivity index (χ2v) is 6.66. The number of para-hydroxylation sites is 2. The Bertz CT molecular complexity index is 681. The number of hydrogen-bond acceptors (Lipinski definition) is 8. The van der Waals surface area contributed by atoms with Gasteiger partial charge in [-0.2, -0.15) is 0 Å². The Balaban J connectivity index is 2.16. The van der Waals surface area contributed by atoms with Crippen LogP contribution in [-0.2, 0) is 23.9 Å². The van der Waals surface area contributed by atoms with E-state index in [4.69, 9.17) is 18.9 Å². The molecule has 2 unspecified atom stereocenters. The van der Waals surface area contributed by atoms with Crippen LogP contribution in [0.25, 0.3) is 0 Å². The molecule has 1 aliphatic rings. The monoisotopic (exact) mass is 397 g/mol. The fourth-order valence-corrected chi connectivity index (χ4v) is 3.85. The average molecular weight is 397 g/mol. The zero-order valence-corrected chi connectivity index (χ0v) is 16.3. The molecule has 1 amide bonds. The van der Waals surface area contributed by atoms with Crippen molar-refractivity contribution in [1.82, 2.24) is 4.90 Å². The molecule has 0 spiro atoms. The number of esters is 2. The molecule has 1 aliphatic heterocycles. The zero-order chi connectivity index (χ0) is 19.8. The first-order chi connectivity index (χ1) is 13.0. The van der Waals surface area contributed by atoms with Gasteiger partial charge in [0.1, 0.15) is 18.0 Å². The highest BCUT2D eigenvalue weighted by molar-refractivity contribution is 8.00. The zero-order valence-electron chi connectivity index (χ0n) is 15.5. The first kappa shape index (κ1) is 20.9. The third kappa shape index (κ3) is 5.06. The van der Waals surface area contributed by atoms with Crippen molar-refractivity contribution < 1.29 is 33.3 Å². The van der Waals surface area contributed by atoms with Crippen LogP contribution in [0.4, 0.5) is 0 Å². The highest BCUT2D eigenvalue weighted by Crippen LogP contribution is 2.32. The van der Waals surface area contributed by atoms with Crippen LogP contribution in [0.15, 0.2) is 24.3 Å². The number of carbonyl (C=O) groups excluding carboxylic acids is 3. The summed E-state index contributed by atoms with van der Waals surface area (Å²) < 4.78 is 20.8. The van der Waals surface area contributed by atoms with Crippen LogP contribution in [0.3, 0.4) is 0 Å². The Morgan fingerprint density at radius 1 is 1.11 bits per heavy atom. The fourth-order valence-electron chi connectivity index (χ4n) is 2.58. The third-order valence-electron chi connectivity index (χ3n) is 3.79. The van der Waals surface area contributed by atoms with Crippen LogP contribution in [0.1, 0.15) is 13.8 Å². The fraction of sp³-hybridized carbons (Fsp3) is 0.500. The molecule has 2 atom stereocenters. The van der Waals surface area contributed by atoms with E-state index in [9.17, 15) is 14.4 Å². The SMILES string of the molecule is CCOC(=O)C(=O)N1C(COc2ccccc2OC)SCC1C(=O)OCC. The maximum Gasteiger partial charge on any atom is 0.397 e. The van der Waals surface area contributed by atoms with Gasteiger partial charge in [-0.15, -0.1) is 11.8 Å². The van der Waals surface area contributed by atoms with Crippen LogP contribution < -0.4 is 9.47 Å². The predicted octanol–water partition coefficient (Wildman–Crippen LogP) is 1.47. The maximum atomic E-state index is 12.5. The molecule has 1 aromatic rings. The summed E-state index contributed by atoms with van der Waals surface area (Å²) in [7, 11) is 1.53. The highest BCUT2D eigenvalue weighted by Gasteiger charge is 2.45. The largest absolute Gasteiger partial charge is 0.493 e. The molecule has 1 heterocycles. The molecule has 148 valence electrons. The summed E-state index contributed by atoms with van der Waals surface area (Å²) in [4.78, 5) is 37.9. The number of thioether (sulfide) groups is 1. The van der Waals surface area contributed by atoms with Gasteiger partial charge in [0, 0.05) is 5.75 Å². The maximum absolute atomic E-state index is 12.5. The normalized spacial score (nSPS) is 18.7. The van der Waals surface area contributed by atoms with E-state index < -0.39 is 29.3 Å². The summed E-state index contributed by atoms with van der Waals surface area (Å²) in [6.07, 6.45) is 0. The minimum atomic E-state index is -1.00. The predicted molar refractivity (Wildman–Crippen MR) is 98.6 cm³/mol. The summed E-state index contributed by atoms with van der Waals surface area (Å²) in [6, 6.07) is 6.23. The van der Waals surface area contributed by atoms with E-state index in [1.54, 1.807) is 32.0 Å². The van der Waals surface area contributed by atoms with Crippen LogP contribution in [0.2, 0.25) is 0 Å². The molecule has 27 heavy (non-hydrogen) atoms. The minimum absolute atomic E-state index is 0.0675. The van der Waals surface area contributed by atoms with E-state index in [1.807, 2.05) is 6.07 Å². The summed E-state index contributed by atoms with van der Waals surface area (Å²) >= 11 is 1.34. The van der Waals surface area contributed by atoms with Crippen LogP contribution in [0, 0.1) is 0 Å². The molecule has 0 saturated carbocycles. The van der Waals surface area contributed by atoms with Gasteiger partial charge in [-0.05, 0) is 26.0 Å². The molecule has 0 N–H and O–H groups in total. The lowest BCUT2D eigenvalue weighted by atomic mass is 10.2. The van der Waals surface area contributed by atoms with E-state index in [-0.39, 0.29) is 19.8 Å². The highest BCUT2D eigenvalue weighted by atomic mass is 32.2. The second-order valence-electron chi connectivity index (χ2n) is 5.45. The van der Waals surface area contributed by atoms with E-state index >= 15 is 0 Å². The summed E-state index contributed by atoms with van der Waals surface area (Å²) in [5.41, 5.74) is 0. The molecule has 0 radical (unpaired) electrons. The number of methoxy groups -OCH3 is 1. The Kier molecular flexibility index (Phi) is 7.78. The topological polar surface area (TPSA) is 91.4 Å². The van der Waals surface area contributed by atoms with Gasteiger partial charge in [0.05, 0.1) is 20.3 Å². The molecular formula is C18H23NO7S. The van der Waals surface area contributed by atoms with Crippen molar-refractivity contribution in [2.24, 2.45) is 0 Å². The smallest absolute Gasteiger partial charge is 0.397 e. The van der Waals surface area contributed by atoms with Gasteiger partial charge in [-0.1, -0.05) is 12.1 Å². The molecular weight excluding hydrogens is 374 g/mol. The standard InChI is InChI=1S/C18H23NO7S/c1-4-24-17(21)12-11-27-15(19(12)16(20)18(22)25-5-2)10-26-14-9-7-6-8-13(14)23-3/h6-9,12,15H,4-5,10-11H2,1-3H3. The van der Waals surface area contributed by atoms with Crippen molar-refractivity contribution in [2.45, 2.75) is 25.3 Å². The summed E-state index contributed by atoms with van der Waals surface area (Å²) in [5.74, 6) is -1.08. The van der Waals surface area contributed by atoms with Crippen LogP contribution in [-0.4, -0.2) is 66.8 Å². The Labute approximate surface area is 162 Å². The van der Waals surface area contributed by atoms with Gasteiger partial charge in [0.15, 0.2) is 11.5 Å². The van der Waals surface area contributed by atoms with Crippen molar-refractivity contribution in [3.8, 4) is 11.5 Å². The average Bonchev–Trinajstić information content (AvgIpc) is 3.10. The van der Waals surface area contributed by atoms with Crippen molar-refractivity contribution in [3.63, 3.8) is 0 Å². The Morgan fingerprint density at radius 2 is 1.78 bits per heavy atom. The lowest BCUT2D eigenvalue weighted by Crippen LogP contribution is -2.50. The van der Waals surface area contributed by atoms with E-state index in [0.29, 0.717) is 17.3 Å². The number of hydrogen-bond donors (Lipinski definition) is 0. The molecule has 1 saturated heterocycles. The lowest BCUT2D eigenvalue weighted by Gasteiger charge is -2.27. The van der Waals surface area contributed by atoms with Gasteiger partial charge in [0.25, 0.3) is 0 Å². The summed E-state index contributed by atoms with van der Waals surface area (Å²) in [6.45, 7) is 3.61. The number of rotatable bonds is 7. The number of nitrogens with zero attached hydrogens (tertiary/aromatic N) is 1. The first-order valence-electron chi connectivity index (χ1n) is 8.56. The summed E-state index contributed by atoms with van der Waals surface area (Å²) in [5, 5.41) is -0.541. The van der Waals surface area contributed by atoms with E-state index in [2.05, 4.69) is 0 Å². The first-order valence-corrected chi connectivity index (χ1v) is 9.61. The number of benzene rings is 1. The number of carbonyl (C=O) groups is 3. The van der Waals surface area contributed by atoms with Gasteiger partial charge in [-0.25, -0.2) is 9.59 Å². The van der Waals surface area contributed by atoms with E-state index in [0.717, 1.165) is 0 Å². The Hall–Kier alpha value is -2.42. The molecule has 0 aliphatic carbocycles. The van der Waals surface area contributed by atoms with Crippen molar-refractivity contribution in [2.75, 3.05) is 32.7 Å². The number of amides is 1. The van der Waals surface area contributed by atoms with Crippen molar-refractivity contribution >= 4 is 29.6 Å².